The van der Waals surface area contributed by atoms with Gasteiger partial charge in [-0.15, -0.1) is 0 Å². The van der Waals surface area contributed by atoms with Crippen LogP contribution in [-0.2, 0) is 9.84 Å². The van der Waals surface area contributed by atoms with Crippen molar-refractivity contribution in [1.82, 2.24) is 5.32 Å². The van der Waals surface area contributed by atoms with Crippen molar-refractivity contribution in [3.8, 4) is 0 Å². The molecular weight excluding hydrogens is 222 g/mol. The SMILES string of the molecule is CNCC1(CCS(=O)(=O)C(C)C)CCCC1. The Labute approximate surface area is 99.9 Å². The van der Waals surface area contributed by atoms with Crippen LogP contribution >= 0.6 is 0 Å². The molecule has 4 heteroatoms. The van der Waals surface area contributed by atoms with E-state index in [4.69, 9.17) is 0 Å². The fourth-order valence-corrected chi connectivity index (χ4v) is 3.80. The Morgan fingerprint density at radius 1 is 1.25 bits per heavy atom. The van der Waals surface area contributed by atoms with Gasteiger partial charge in [-0.05, 0) is 45.6 Å². The molecule has 16 heavy (non-hydrogen) atoms. The molecule has 0 aromatic carbocycles. The summed E-state index contributed by atoms with van der Waals surface area (Å²) in [5, 5.41) is 2.99. The van der Waals surface area contributed by atoms with Gasteiger partial charge in [0, 0.05) is 6.54 Å². The van der Waals surface area contributed by atoms with Gasteiger partial charge in [-0.2, -0.15) is 0 Å². The van der Waals surface area contributed by atoms with E-state index in [1.165, 1.54) is 25.7 Å². The van der Waals surface area contributed by atoms with E-state index in [1.54, 1.807) is 13.8 Å². The van der Waals surface area contributed by atoms with Crippen LogP contribution in [0.3, 0.4) is 0 Å². The van der Waals surface area contributed by atoms with Gasteiger partial charge in [-0.1, -0.05) is 12.8 Å². The monoisotopic (exact) mass is 247 g/mol. The van der Waals surface area contributed by atoms with Crippen molar-refractivity contribution < 1.29 is 8.42 Å². The standard InChI is InChI=1S/C12H25NO2S/c1-11(2)16(14,15)9-8-12(10-13-3)6-4-5-7-12/h11,13H,4-10H2,1-3H3. The molecule has 0 saturated heterocycles. The lowest BCUT2D eigenvalue weighted by Crippen LogP contribution is -2.33. The van der Waals surface area contributed by atoms with Gasteiger partial charge in [0.1, 0.15) is 0 Å². The summed E-state index contributed by atoms with van der Waals surface area (Å²) in [6, 6.07) is 0. The van der Waals surface area contributed by atoms with Gasteiger partial charge in [0.2, 0.25) is 0 Å². The minimum atomic E-state index is -2.87. The Bertz CT molecular complexity index is 303. The van der Waals surface area contributed by atoms with Crippen LogP contribution in [0.2, 0.25) is 0 Å². The fraction of sp³-hybridized carbons (Fsp3) is 1.00. The Hall–Kier alpha value is -0.0900. The summed E-state index contributed by atoms with van der Waals surface area (Å²) < 4.78 is 23.6. The van der Waals surface area contributed by atoms with E-state index >= 15 is 0 Å². The number of sulfone groups is 1. The van der Waals surface area contributed by atoms with E-state index in [1.807, 2.05) is 7.05 Å². The van der Waals surface area contributed by atoms with Crippen LogP contribution in [0.4, 0.5) is 0 Å². The molecule has 0 spiro atoms. The zero-order chi connectivity index (χ0) is 12.2. The molecule has 1 aliphatic rings. The molecule has 0 aliphatic heterocycles. The van der Waals surface area contributed by atoms with Crippen molar-refractivity contribution in [3.63, 3.8) is 0 Å². The van der Waals surface area contributed by atoms with Crippen molar-refractivity contribution in [1.29, 1.82) is 0 Å². The molecule has 0 amide bonds. The molecule has 0 atom stereocenters. The summed E-state index contributed by atoms with van der Waals surface area (Å²) in [7, 11) is -0.915. The van der Waals surface area contributed by atoms with Crippen LogP contribution < -0.4 is 5.32 Å². The molecule has 1 fully saturated rings. The molecule has 1 saturated carbocycles. The molecule has 3 nitrogen and oxygen atoms in total. The Morgan fingerprint density at radius 3 is 2.25 bits per heavy atom. The first-order valence-corrected chi connectivity index (χ1v) is 8.00. The van der Waals surface area contributed by atoms with Crippen molar-refractivity contribution >= 4 is 9.84 Å². The number of hydrogen-bond acceptors (Lipinski definition) is 3. The van der Waals surface area contributed by atoms with Gasteiger partial charge in [0.15, 0.2) is 9.84 Å². The van der Waals surface area contributed by atoms with Crippen molar-refractivity contribution in [2.24, 2.45) is 5.41 Å². The molecule has 0 aromatic rings. The lowest BCUT2D eigenvalue weighted by molar-refractivity contribution is 0.277. The topological polar surface area (TPSA) is 46.2 Å². The second-order valence-corrected chi connectivity index (χ2v) is 8.08. The average molecular weight is 247 g/mol. The molecule has 0 radical (unpaired) electrons. The predicted octanol–water partition coefficient (Wildman–Crippen LogP) is 1.98. The smallest absolute Gasteiger partial charge is 0.152 e. The van der Waals surface area contributed by atoms with E-state index in [0.29, 0.717) is 5.75 Å². The number of hydrogen-bond donors (Lipinski definition) is 1. The van der Waals surface area contributed by atoms with E-state index < -0.39 is 9.84 Å². The third kappa shape index (κ3) is 3.45. The van der Waals surface area contributed by atoms with Crippen LogP contribution in [0.5, 0.6) is 0 Å². The molecule has 0 unspecified atom stereocenters. The third-order valence-electron chi connectivity index (χ3n) is 3.85. The van der Waals surface area contributed by atoms with Crippen molar-refractivity contribution in [2.75, 3.05) is 19.3 Å². The first-order chi connectivity index (χ1) is 7.42. The molecule has 96 valence electrons. The normalized spacial score (nSPS) is 20.5. The summed E-state index contributed by atoms with van der Waals surface area (Å²) in [5.41, 5.74) is 0.247. The average Bonchev–Trinajstić information content (AvgIpc) is 2.65. The Balaban J connectivity index is 2.57. The van der Waals surface area contributed by atoms with E-state index in [9.17, 15) is 8.42 Å². The molecular formula is C12H25NO2S. The predicted molar refractivity (Wildman–Crippen MR) is 68.4 cm³/mol. The minimum Gasteiger partial charge on any atom is -0.319 e. The molecule has 1 rings (SSSR count). The summed E-state index contributed by atoms with van der Waals surface area (Å²) in [6.07, 6.45) is 5.70. The summed E-state index contributed by atoms with van der Waals surface area (Å²) in [5.74, 6) is 0.354. The minimum absolute atomic E-state index is 0.236. The zero-order valence-corrected chi connectivity index (χ0v) is 11.6. The van der Waals surface area contributed by atoms with Gasteiger partial charge in [-0.25, -0.2) is 8.42 Å². The maximum Gasteiger partial charge on any atom is 0.152 e. The maximum absolute atomic E-state index is 11.8. The van der Waals surface area contributed by atoms with Gasteiger partial charge in [-0.3, -0.25) is 0 Å². The van der Waals surface area contributed by atoms with Crippen LogP contribution in [0.1, 0.15) is 46.0 Å². The molecule has 1 aliphatic carbocycles. The van der Waals surface area contributed by atoms with E-state index in [-0.39, 0.29) is 10.7 Å². The number of nitrogens with one attached hydrogen (secondary N) is 1. The Morgan fingerprint density at radius 2 is 1.81 bits per heavy atom. The largest absolute Gasteiger partial charge is 0.319 e. The van der Waals surface area contributed by atoms with Crippen LogP contribution in [0.25, 0.3) is 0 Å². The molecule has 1 N–H and O–H groups in total. The quantitative estimate of drug-likeness (QED) is 0.780. The lowest BCUT2D eigenvalue weighted by Gasteiger charge is -2.29. The fourth-order valence-electron chi connectivity index (χ4n) is 2.61. The van der Waals surface area contributed by atoms with Gasteiger partial charge in [0.05, 0.1) is 11.0 Å². The highest BCUT2D eigenvalue weighted by Crippen LogP contribution is 2.40. The third-order valence-corrected chi connectivity index (χ3v) is 6.06. The van der Waals surface area contributed by atoms with Gasteiger partial charge < -0.3 is 5.32 Å². The molecule has 0 bridgehead atoms. The van der Waals surface area contributed by atoms with Crippen molar-refractivity contribution in [2.45, 2.75) is 51.2 Å². The molecule has 0 heterocycles. The highest BCUT2D eigenvalue weighted by atomic mass is 32.2. The second kappa shape index (κ2) is 5.50. The summed E-state index contributed by atoms with van der Waals surface area (Å²) in [4.78, 5) is 0. The summed E-state index contributed by atoms with van der Waals surface area (Å²) in [6.45, 7) is 4.50. The zero-order valence-electron chi connectivity index (χ0n) is 10.8. The van der Waals surface area contributed by atoms with Crippen LogP contribution in [0, 0.1) is 5.41 Å². The van der Waals surface area contributed by atoms with E-state index in [2.05, 4.69) is 5.32 Å². The van der Waals surface area contributed by atoms with Gasteiger partial charge in [0.25, 0.3) is 0 Å². The first-order valence-electron chi connectivity index (χ1n) is 6.28. The second-order valence-electron chi connectivity index (χ2n) is 5.40. The highest BCUT2D eigenvalue weighted by molar-refractivity contribution is 7.91. The summed E-state index contributed by atoms with van der Waals surface area (Å²) >= 11 is 0. The Kier molecular flexibility index (Phi) is 4.80. The van der Waals surface area contributed by atoms with Crippen molar-refractivity contribution in [3.05, 3.63) is 0 Å². The van der Waals surface area contributed by atoms with E-state index in [0.717, 1.165) is 13.0 Å². The highest BCUT2D eigenvalue weighted by Gasteiger charge is 2.34. The van der Waals surface area contributed by atoms with Crippen LogP contribution in [-0.4, -0.2) is 33.0 Å². The lowest BCUT2D eigenvalue weighted by atomic mass is 9.83. The first kappa shape index (κ1) is 14.0. The van der Waals surface area contributed by atoms with Crippen LogP contribution in [0.15, 0.2) is 0 Å². The maximum atomic E-state index is 11.8. The van der Waals surface area contributed by atoms with Gasteiger partial charge >= 0.3 is 0 Å². The number of rotatable bonds is 6. The molecule has 0 aromatic heterocycles.